The molecular weight excluding hydrogens is 522 g/mol. The van der Waals surface area contributed by atoms with E-state index in [2.05, 4.69) is 5.32 Å². The maximum Gasteiger partial charge on any atom is 0.335 e. The monoisotopic (exact) mass is 534 g/mol. The fourth-order valence-electron chi connectivity index (χ4n) is 3.23. The Balaban J connectivity index is 1.60. The first-order valence-electron chi connectivity index (χ1n) is 9.77. The van der Waals surface area contributed by atoms with E-state index < -0.39 is 17.8 Å². The highest BCUT2D eigenvalue weighted by Crippen LogP contribution is 2.36. The number of halogens is 4. The zero-order chi connectivity index (χ0) is 24.4. The Morgan fingerprint density at radius 1 is 0.853 bits per heavy atom. The van der Waals surface area contributed by atoms with Crippen LogP contribution in [0.4, 0.5) is 10.5 Å². The van der Waals surface area contributed by atoms with Gasteiger partial charge in [0.1, 0.15) is 12.2 Å². The van der Waals surface area contributed by atoms with E-state index in [1.54, 1.807) is 48.5 Å². The van der Waals surface area contributed by atoms with E-state index >= 15 is 0 Å². The maximum absolute atomic E-state index is 13.0. The zero-order valence-corrected chi connectivity index (χ0v) is 20.2. The molecule has 0 bridgehead atoms. The second-order valence-corrected chi connectivity index (χ2v) is 8.79. The van der Waals surface area contributed by atoms with Crippen LogP contribution in [0.1, 0.15) is 11.1 Å². The topological polar surface area (TPSA) is 75.7 Å². The molecule has 0 radical (unpaired) electrons. The number of carbonyl (C=O) groups is 3. The van der Waals surface area contributed by atoms with Gasteiger partial charge in [-0.05, 0) is 48.0 Å². The largest absolute Gasteiger partial charge is 0.486 e. The summed E-state index contributed by atoms with van der Waals surface area (Å²) in [6, 6.07) is 15.4. The van der Waals surface area contributed by atoms with E-state index in [0.29, 0.717) is 26.9 Å². The number of urea groups is 1. The molecule has 3 aromatic rings. The molecule has 1 aliphatic rings. The first kappa shape index (κ1) is 24.1. The van der Waals surface area contributed by atoms with E-state index in [0.717, 1.165) is 4.90 Å². The van der Waals surface area contributed by atoms with Crippen molar-refractivity contribution in [3.8, 4) is 5.75 Å². The maximum atomic E-state index is 13.0. The summed E-state index contributed by atoms with van der Waals surface area (Å²) in [7, 11) is 0. The predicted molar refractivity (Wildman–Crippen MR) is 133 cm³/mol. The number of benzene rings is 3. The molecule has 6 nitrogen and oxygen atoms in total. The van der Waals surface area contributed by atoms with E-state index in [1.165, 1.54) is 18.2 Å². The van der Waals surface area contributed by atoms with Gasteiger partial charge in [0, 0.05) is 15.6 Å². The average molecular weight is 536 g/mol. The van der Waals surface area contributed by atoms with Crippen molar-refractivity contribution in [2.24, 2.45) is 0 Å². The van der Waals surface area contributed by atoms with Gasteiger partial charge in [-0.25, -0.2) is 9.69 Å². The molecule has 0 aliphatic carbocycles. The van der Waals surface area contributed by atoms with Gasteiger partial charge in [-0.1, -0.05) is 70.7 Å². The molecule has 1 heterocycles. The number of carbonyl (C=O) groups excluding carboxylic acids is 3. The molecule has 4 amide bonds. The summed E-state index contributed by atoms with van der Waals surface area (Å²) in [5.74, 6) is -1.39. The molecule has 34 heavy (non-hydrogen) atoms. The molecule has 3 aromatic carbocycles. The second-order valence-electron chi connectivity index (χ2n) is 7.13. The highest BCUT2D eigenvalue weighted by Gasteiger charge is 2.36. The van der Waals surface area contributed by atoms with Crippen molar-refractivity contribution in [1.29, 1.82) is 0 Å². The Bertz CT molecular complexity index is 1320. The lowest BCUT2D eigenvalue weighted by Gasteiger charge is -2.26. The summed E-state index contributed by atoms with van der Waals surface area (Å²) in [5, 5.41) is 3.40. The fraction of sp³-hybridized carbons (Fsp3) is 0.0417. The van der Waals surface area contributed by atoms with Gasteiger partial charge in [-0.3, -0.25) is 14.9 Å². The molecule has 0 saturated carbocycles. The summed E-state index contributed by atoms with van der Waals surface area (Å²) < 4.78 is 5.74. The molecule has 0 atom stereocenters. The Morgan fingerprint density at radius 3 is 2.18 bits per heavy atom. The molecule has 0 spiro atoms. The van der Waals surface area contributed by atoms with Crippen LogP contribution >= 0.6 is 46.4 Å². The van der Waals surface area contributed by atoms with Crippen LogP contribution in [-0.4, -0.2) is 17.8 Å². The number of imide groups is 2. The molecule has 1 aliphatic heterocycles. The van der Waals surface area contributed by atoms with Gasteiger partial charge in [0.25, 0.3) is 11.8 Å². The number of nitrogens with one attached hydrogen (secondary N) is 1. The molecule has 10 heteroatoms. The van der Waals surface area contributed by atoms with Crippen molar-refractivity contribution in [3.05, 3.63) is 97.5 Å². The lowest BCUT2D eigenvalue weighted by atomic mass is 10.1. The van der Waals surface area contributed by atoms with Crippen LogP contribution in [0.25, 0.3) is 6.08 Å². The molecule has 0 aromatic heterocycles. The third kappa shape index (κ3) is 5.05. The minimum atomic E-state index is -0.834. The van der Waals surface area contributed by atoms with Gasteiger partial charge in [0.05, 0.1) is 15.7 Å². The SMILES string of the molecule is O=C1NC(=O)N(c2ccccc2)C(=O)/C1=C/c1cc(Cl)c(OCc2ccc(Cl)cc2Cl)c(Cl)c1. The Hall–Kier alpha value is -3.03. The van der Waals surface area contributed by atoms with Gasteiger partial charge in [-0.2, -0.15) is 0 Å². The van der Waals surface area contributed by atoms with Crippen LogP contribution in [-0.2, 0) is 16.2 Å². The Morgan fingerprint density at radius 2 is 1.53 bits per heavy atom. The van der Waals surface area contributed by atoms with Crippen LogP contribution in [0, 0.1) is 0 Å². The third-order valence-corrected chi connectivity index (χ3v) is 5.98. The molecule has 1 saturated heterocycles. The van der Waals surface area contributed by atoms with Crippen LogP contribution < -0.4 is 15.0 Å². The summed E-state index contributed by atoms with van der Waals surface area (Å²) in [6.07, 6.45) is 1.30. The zero-order valence-electron chi connectivity index (χ0n) is 17.2. The lowest BCUT2D eigenvalue weighted by molar-refractivity contribution is -0.122. The summed E-state index contributed by atoms with van der Waals surface area (Å²) >= 11 is 24.8. The van der Waals surface area contributed by atoms with Crippen molar-refractivity contribution in [3.63, 3.8) is 0 Å². The van der Waals surface area contributed by atoms with Gasteiger partial charge in [0.2, 0.25) is 0 Å². The van der Waals surface area contributed by atoms with Crippen molar-refractivity contribution >= 4 is 76.0 Å². The first-order valence-corrected chi connectivity index (χ1v) is 11.3. The third-order valence-electron chi connectivity index (χ3n) is 4.83. The van der Waals surface area contributed by atoms with E-state index in [4.69, 9.17) is 51.1 Å². The van der Waals surface area contributed by atoms with Crippen molar-refractivity contribution < 1.29 is 19.1 Å². The number of anilines is 1. The fourth-order valence-corrected chi connectivity index (χ4v) is 4.30. The number of amides is 4. The lowest BCUT2D eigenvalue weighted by Crippen LogP contribution is -2.54. The van der Waals surface area contributed by atoms with Crippen LogP contribution in [0.2, 0.25) is 20.1 Å². The molecule has 1 N–H and O–H groups in total. The van der Waals surface area contributed by atoms with Gasteiger partial charge in [0.15, 0.2) is 5.75 Å². The van der Waals surface area contributed by atoms with E-state index in [1.807, 2.05) is 0 Å². The van der Waals surface area contributed by atoms with Crippen LogP contribution in [0.15, 0.2) is 66.2 Å². The smallest absolute Gasteiger partial charge is 0.335 e. The molecule has 172 valence electrons. The minimum absolute atomic E-state index is 0.0882. The van der Waals surface area contributed by atoms with Crippen LogP contribution in [0.3, 0.4) is 0 Å². The highest BCUT2D eigenvalue weighted by atomic mass is 35.5. The number of hydrogen-bond donors (Lipinski definition) is 1. The number of nitrogens with zero attached hydrogens (tertiary/aromatic N) is 1. The predicted octanol–water partition coefficient (Wildman–Crippen LogP) is 6.55. The van der Waals surface area contributed by atoms with Crippen molar-refractivity contribution in [2.75, 3.05) is 4.90 Å². The first-order chi connectivity index (χ1) is 16.2. The average Bonchev–Trinajstić information content (AvgIpc) is 2.78. The summed E-state index contributed by atoms with van der Waals surface area (Å²) in [5.41, 5.74) is 1.12. The van der Waals surface area contributed by atoms with E-state index in [-0.39, 0.29) is 28.0 Å². The normalized spacial score (nSPS) is 15.0. The van der Waals surface area contributed by atoms with E-state index in [9.17, 15) is 14.4 Å². The van der Waals surface area contributed by atoms with Gasteiger partial charge in [-0.15, -0.1) is 0 Å². The van der Waals surface area contributed by atoms with Crippen molar-refractivity contribution in [2.45, 2.75) is 6.61 Å². The quantitative estimate of drug-likeness (QED) is 0.297. The Kier molecular flexibility index (Phi) is 7.14. The van der Waals surface area contributed by atoms with Crippen LogP contribution in [0.5, 0.6) is 5.75 Å². The Labute approximate surface area is 214 Å². The molecule has 1 fully saturated rings. The summed E-state index contributed by atoms with van der Waals surface area (Å²) in [6.45, 7) is 0.0882. The molecule has 0 unspecified atom stereocenters. The number of ether oxygens (including phenoxy) is 1. The number of rotatable bonds is 5. The summed E-state index contributed by atoms with van der Waals surface area (Å²) in [4.78, 5) is 38.5. The number of hydrogen-bond acceptors (Lipinski definition) is 4. The van der Waals surface area contributed by atoms with Gasteiger partial charge < -0.3 is 4.74 Å². The number of barbiturate groups is 1. The van der Waals surface area contributed by atoms with Crippen molar-refractivity contribution in [1.82, 2.24) is 5.32 Å². The second kappa shape index (κ2) is 10.1. The molecule has 4 rings (SSSR count). The minimum Gasteiger partial charge on any atom is -0.486 e. The molecular formula is C24H14Cl4N2O4. The standard InChI is InChI=1S/C24H14Cl4N2O4/c25-15-7-6-14(18(26)11-15)12-34-21-19(27)9-13(10-20(21)28)8-17-22(31)29-24(33)30(23(17)32)16-4-2-1-3-5-16/h1-11H,12H2,(H,29,31,33)/b17-8+. The van der Waals surface area contributed by atoms with Gasteiger partial charge >= 0.3 is 6.03 Å². The number of para-hydroxylation sites is 1. The highest BCUT2D eigenvalue weighted by molar-refractivity contribution is 6.40.